The number of amides is 1. The number of non-ortho nitro benzene ring substituents is 1. The minimum atomic E-state index is -0.492. The van der Waals surface area contributed by atoms with Gasteiger partial charge in [-0.05, 0) is 47.7 Å². The van der Waals surface area contributed by atoms with Gasteiger partial charge in [0, 0.05) is 12.1 Å². The number of rotatable bonds is 4. The Hall–Kier alpha value is -3.33. The summed E-state index contributed by atoms with van der Waals surface area (Å²) in [7, 11) is 1.45. The monoisotopic (exact) mass is 371 g/mol. The SMILES string of the molecule is COc1cc(/C=C2\SC(=O)NC2=Nc2ccc([N+](=O)[O-])cc2)ccc1O. The van der Waals surface area contributed by atoms with Crippen LogP contribution in [-0.2, 0) is 0 Å². The molecule has 1 amide bonds. The first kappa shape index (κ1) is 17.5. The largest absolute Gasteiger partial charge is 0.504 e. The fraction of sp³-hybridized carbons (Fsp3) is 0.0588. The number of nitrogens with one attached hydrogen (secondary N) is 1. The Morgan fingerprint density at radius 2 is 2.00 bits per heavy atom. The molecule has 2 aromatic rings. The minimum Gasteiger partial charge on any atom is -0.504 e. The molecule has 0 unspecified atom stereocenters. The molecular weight excluding hydrogens is 358 g/mol. The van der Waals surface area contributed by atoms with Crippen LogP contribution in [0.5, 0.6) is 11.5 Å². The summed E-state index contributed by atoms with van der Waals surface area (Å²) in [6, 6.07) is 10.5. The highest BCUT2D eigenvalue weighted by Gasteiger charge is 2.23. The number of amidine groups is 1. The molecule has 0 aromatic heterocycles. The maximum atomic E-state index is 11.7. The fourth-order valence-corrected chi connectivity index (χ4v) is 2.96. The number of thioether (sulfide) groups is 1. The van der Waals surface area contributed by atoms with Crippen molar-refractivity contribution in [2.75, 3.05) is 7.11 Å². The van der Waals surface area contributed by atoms with Crippen LogP contribution in [0.4, 0.5) is 16.2 Å². The summed E-state index contributed by atoms with van der Waals surface area (Å²) in [4.78, 5) is 26.9. The van der Waals surface area contributed by atoms with Gasteiger partial charge in [-0.1, -0.05) is 6.07 Å². The second kappa shape index (κ2) is 7.28. The third-order valence-corrected chi connectivity index (χ3v) is 4.28. The van der Waals surface area contributed by atoms with E-state index in [9.17, 15) is 20.0 Å². The summed E-state index contributed by atoms with van der Waals surface area (Å²) >= 11 is 0.982. The third-order valence-electron chi connectivity index (χ3n) is 3.46. The zero-order chi connectivity index (χ0) is 18.7. The number of benzene rings is 2. The van der Waals surface area contributed by atoms with Crippen LogP contribution in [0, 0.1) is 10.1 Å². The first-order valence-corrected chi connectivity index (χ1v) is 8.19. The highest BCUT2D eigenvalue weighted by atomic mass is 32.2. The van der Waals surface area contributed by atoms with Gasteiger partial charge >= 0.3 is 0 Å². The molecule has 2 N–H and O–H groups in total. The van der Waals surface area contributed by atoms with E-state index >= 15 is 0 Å². The molecule has 3 rings (SSSR count). The molecule has 1 fully saturated rings. The van der Waals surface area contributed by atoms with Crippen molar-refractivity contribution in [3.8, 4) is 11.5 Å². The highest BCUT2D eigenvalue weighted by molar-refractivity contribution is 8.18. The van der Waals surface area contributed by atoms with Gasteiger partial charge in [-0.15, -0.1) is 0 Å². The van der Waals surface area contributed by atoms with Gasteiger partial charge in [0.05, 0.1) is 22.6 Å². The van der Waals surface area contributed by atoms with Gasteiger partial charge in [0.15, 0.2) is 11.5 Å². The lowest BCUT2D eigenvalue weighted by atomic mass is 10.2. The van der Waals surface area contributed by atoms with Crippen LogP contribution in [0.15, 0.2) is 52.4 Å². The van der Waals surface area contributed by atoms with Crippen LogP contribution in [-0.4, -0.2) is 28.2 Å². The van der Waals surface area contributed by atoms with E-state index in [1.165, 1.54) is 37.4 Å². The normalized spacial score (nSPS) is 16.7. The molecule has 0 atom stereocenters. The summed E-state index contributed by atoms with van der Waals surface area (Å²) in [5.41, 5.74) is 1.16. The van der Waals surface area contributed by atoms with E-state index in [1.54, 1.807) is 18.2 Å². The number of hydrogen-bond donors (Lipinski definition) is 2. The van der Waals surface area contributed by atoms with E-state index in [0.717, 1.165) is 17.3 Å². The first-order chi connectivity index (χ1) is 12.5. The molecule has 0 radical (unpaired) electrons. The Morgan fingerprint density at radius 3 is 2.65 bits per heavy atom. The van der Waals surface area contributed by atoms with Crippen molar-refractivity contribution in [1.82, 2.24) is 5.32 Å². The fourth-order valence-electron chi connectivity index (χ4n) is 2.23. The van der Waals surface area contributed by atoms with Gasteiger partial charge in [-0.2, -0.15) is 0 Å². The van der Waals surface area contributed by atoms with Crippen LogP contribution in [0.25, 0.3) is 6.08 Å². The highest BCUT2D eigenvalue weighted by Crippen LogP contribution is 2.32. The number of ether oxygens (including phenoxy) is 1. The molecule has 8 nitrogen and oxygen atoms in total. The summed E-state index contributed by atoms with van der Waals surface area (Å²) < 4.78 is 5.07. The van der Waals surface area contributed by atoms with E-state index in [2.05, 4.69) is 10.3 Å². The predicted molar refractivity (Wildman–Crippen MR) is 98.9 cm³/mol. The molecule has 0 saturated carbocycles. The maximum absolute atomic E-state index is 11.7. The molecule has 1 aliphatic heterocycles. The average Bonchev–Trinajstić information content (AvgIpc) is 2.96. The van der Waals surface area contributed by atoms with E-state index in [4.69, 9.17) is 4.74 Å². The zero-order valence-electron chi connectivity index (χ0n) is 13.5. The van der Waals surface area contributed by atoms with Gasteiger partial charge in [0.1, 0.15) is 5.84 Å². The van der Waals surface area contributed by atoms with Crippen molar-refractivity contribution >= 4 is 40.3 Å². The standard InChI is InChI=1S/C17H13N3O5S/c1-25-14-8-10(2-7-13(14)21)9-15-16(19-17(22)26-15)18-11-3-5-12(6-4-11)20(23)24/h2-9,21H,1H3,(H,18,19,22)/b15-9-. The van der Waals surface area contributed by atoms with E-state index < -0.39 is 4.92 Å². The van der Waals surface area contributed by atoms with Crippen molar-refractivity contribution in [3.63, 3.8) is 0 Å². The third kappa shape index (κ3) is 3.83. The van der Waals surface area contributed by atoms with Gasteiger partial charge < -0.3 is 15.2 Å². The second-order valence-electron chi connectivity index (χ2n) is 5.19. The molecule has 1 saturated heterocycles. The molecular formula is C17H13N3O5S. The number of carbonyl (C=O) groups is 1. The molecule has 0 aliphatic carbocycles. The summed E-state index contributed by atoms with van der Waals surface area (Å²) in [5.74, 6) is 0.680. The van der Waals surface area contributed by atoms with Crippen molar-refractivity contribution in [1.29, 1.82) is 0 Å². The quantitative estimate of drug-likeness (QED) is 0.623. The number of carbonyl (C=O) groups excluding carboxylic acids is 1. The van der Waals surface area contributed by atoms with Gasteiger partial charge in [-0.3, -0.25) is 14.9 Å². The van der Waals surface area contributed by atoms with Crippen molar-refractivity contribution in [3.05, 3.63) is 63.0 Å². The van der Waals surface area contributed by atoms with Gasteiger partial charge in [-0.25, -0.2) is 4.99 Å². The molecule has 1 aliphatic rings. The lowest BCUT2D eigenvalue weighted by Gasteiger charge is -2.04. The number of nitrogens with zero attached hydrogens (tertiary/aromatic N) is 2. The molecule has 132 valence electrons. The number of nitro groups is 1. The summed E-state index contributed by atoms with van der Waals surface area (Å²) in [6.07, 6.45) is 1.73. The van der Waals surface area contributed by atoms with Crippen molar-refractivity contribution < 1.29 is 19.6 Å². The Labute approximate surface area is 152 Å². The Kier molecular flexibility index (Phi) is 4.90. The van der Waals surface area contributed by atoms with Crippen LogP contribution in [0.1, 0.15) is 5.56 Å². The molecule has 0 bridgehead atoms. The van der Waals surface area contributed by atoms with Crippen LogP contribution in [0.2, 0.25) is 0 Å². The number of phenols is 1. The number of hydrogen-bond acceptors (Lipinski definition) is 7. The van der Waals surface area contributed by atoms with Crippen LogP contribution >= 0.6 is 11.8 Å². The van der Waals surface area contributed by atoms with Gasteiger partial charge in [0.2, 0.25) is 0 Å². The summed E-state index contributed by atoms with van der Waals surface area (Å²) in [5, 5.41) is 22.7. The molecule has 26 heavy (non-hydrogen) atoms. The Bertz CT molecular complexity index is 938. The number of phenolic OH excluding ortho intramolecular Hbond substituents is 1. The first-order valence-electron chi connectivity index (χ1n) is 7.37. The number of nitro benzene ring substituents is 1. The lowest BCUT2D eigenvalue weighted by Crippen LogP contribution is -2.18. The van der Waals surface area contributed by atoms with Gasteiger partial charge in [0.25, 0.3) is 10.9 Å². The van der Waals surface area contributed by atoms with E-state index in [0.29, 0.717) is 22.2 Å². The van der Waals surface area contributed by atoms with Crippen molar-refractivity contribution in [2.24, 2.45) is 4.99 Å². The van der Waals surface area contributed by atoms with Crippen LogP contribution < -0.4 is 10.1 Å². The van der Waals surface area contributed by atoms with E-state index in [1.807, 2.05) is 0 Å². The summed E-state index contributed by atoms with van der Waals surface area (Å²) in [6.45, 7) is 0. The molecule has 0 spiro atoms. The molecule has 2 aromatic carbocycles. The second-order valence-corrected chi connectivity index (χ2v) is 6.20. The molecule has 1 heterocycles. The smallest absolute Gasteiger partial charge is 0.289 e. The van der Waals surface area contributed by atoms with Crippen LogP contribution in [0.3, 0.4) is 0 Å². The molecule has 9 heteroatoms. The zero-order valence-corrected chi connectivity index (χ0v) is 14.3. The Morgan fingerprint density at radius 1 is 1.27 bits per heavy atom. The average molecular weight is 371 g/mol. The predicted octanol–water partition coefficient (Wildman–Crippen LogP) is 3.84. The Balaban J connectivity index is 1.93. The van der Waals surface area contributed by atoms with Crippen molar-refractivity contribution in [2.45, 2.75) is 0 Å². The minimum absolute atomic E-state index is 0.0164. The topological polar surface area (TPSA) is 114 Å². The lowest BCUT2D eigenvalue weighted by molar-refractivity contribution is -0.384. The number of methoxy groups -OCH3 is 1. The number of aromatic hydroxyl groups is 1. The number of aliphatic imine (C=N–C) groups is 1. The maximum Gasteiger partial charge on any atom is 0.289 e. The van der Waals surface area contributed by atoms with E-state index in [-0.39, 0.29) is 16.7 Å².